The lowest BCUT2D eigenvalue weighted by atomic mass is 9.86. The Bertz CT molecular complexity index is 1050. The lowest BCUT2D eigenvalue weighted by Crippen LogP contribution is -2.39. The van der Waals surface area contributed by atoms with Gasteiger partial charge in [0.25, 0.3) is 5.91 Å². The van der Waals surface area contributed by atoms with Gasteiger partial charge >= 0.3 is 0 Å². The molecule has 3 N–H and O–H groups in total. The number of benzene rings is 2. The number of hydrogen-bond acceptors (Lipinski definition) is 4. The van der Waals surface area contributed by atoms with E-state index in [1.165, 1.54) is 11.0 Å². The van der Waals surface area contributed by atoms with Crippen molar-refractivity contribution in [2.75, 3.05) is 19.0 Å². The van der Waals surface area contributed by atoms with Gasteiger partial charge in [0.2, 0.25) is 11.8 Å². The Morgan fingerprint density at radius 1 is 1.21 bits per heavy atom. The monoisotopic (exact) mass is 455 g/mol. The smallest absolute Gasteiger partial charge is 0.251 e. The van der Waals surface area contributed by atoms with Crippen LogP contribution in [0.2, 0.25) is 0 Å². The molecule has 1 aliphatic rings. The Morgan fingerprint density at radius 3 is 2.39 bits per heavy atom. The summed E-state index contributed by atoms with van der Waals surface area (Å²) < 4.78 is 19.8. The zero-order valence-corrected chi connectivity index (χ0v) is 19.4. The van der Waals surface area contributed by atoms with Gasteiger partial charge in [0.05, 0.1) is 12.5 Å². The largest absolute Gasteiger partial charge is 0.380 e. The van der Waals surface area contributed by atoms with E-state index in [4.69, 9.17) is 10.5 Å². The lowest BCUT2D eigenvalue weighted by Gasteiger charge is -2.28. The Hall–Kier alpha value is -3.26. The summed E-state index contributed by atoms with van der Waals surface area (Å²) in [5.41, 5.74) is 7.31. The molecule has 1 saturated heterocycles. The van der Waals surface area contributed by atoms with E-state index in [0.717, 1.165) is 5.56 Å². The van der Waals surface area contributed by atoms with Crippen LogP contribution in [0.15, 0.2) is 42.5 Å². The maximum absolute atomic E-state index is 14.7. The fourth-order valence-corrected chi connectivity index (χ4v) is 4.02. The van der Waals surface area contributed by atoms with Crippen molar-refractivity contribution in [3.63, 3.8) is 0 Å². The van der Waals surface area contributed by atoms with Crippen LogP contribution in [0.3, 0.4) is 0 Å². The first-order chi connectivity index (χ1) is 15.5. The highest BCUT2D eigenvalue weighted by Gasteiger charge is 2.40. The van der Waals surface area contributed by atoms with Crippen molar-refractivity contribution in [2.45, 2.75) is 45.3 Å². The summed E-state index contributed by atoms with van der Waals surface area (Å²) in [6.07, 6.45) is -0.0459. The minimum Gasteiger partial charge on any atom is -0.380 e. The summed E-state index contributed by atoms with van der Waals surface area (Å²) in [5, 5.41) is 2.73. The summed E-state index contributed by atoms with van der Waals surface area (Å²) in [4.78, 5) is 39.1. The van der Waals surface area contributed by atoms with Crippen LogP contribution >= 0.6 is 0 Å². The number of carbonyl (C=O) groups excluding carboxylic acids is 3. The molecule has 1 heterocycles. The number of rotatable bonds is 7. The molecule has 3 amide bonds. The number of nitrogens with two attached hydrogens (primary N) is 1. The third kappa shape index (κ3) is 5.57. The SMILES string of the molecule is COCc1ccc([C@H](C(=O)Nc2ccc(C(C)(C)C)c(F)c2)N2C[C@H](C(N)=O)CC2=O)cc1. The van der Waals surface area contributed by atoms with Crippen molar-refractivity contribution >= 4 is 23.4 Å². The molecule has 176 valence electrons. The maximum Gasteiger partial charge on any atom is 0.251 e. The van der Waals surface area contributed by atoms with Crippen LogP contribution < -0.4 is 11.1 Å². The third-order valence-corrected chi connectivity index (χ3v) is 5.77. The average molecular weight is 456 g/mol. The molecule has 0 radical (unpaired) electrons. The van der Waals surface area contributed by atoms with Crippen LogP contribution in [0, 0.1) is 11.7 Å². The molecule has 1 aliphatic heterocycles. The van der Waals surface area contributed by atoms with E-state index in [9.17, 15) is 18.8 Å². The summed E-state index contributed by atoms with van der Waals surface area (Å²) in [6, 6.07) is 10.7. The standard InChI is InChI=1S/C25H30FN3O4/c1-25(2,3)19-10-9-18(12-20(19)26)28-24(32)22(16-7-5-15(6-8-16)14-33-4)29-13-17(23(27)31)11-21(29)30/h5-10,12,17,22H,11,13-14H2,1-4H3,(H2,27,31)(H,28,32)/t17-,22-/m1/s1. The second-order valence-corrected chi connectivity index (χ2v) is 9.36. The highest BCUT2D eigenvalue weighted by atomic mass is 19.1. The number of hydrogen-bond donors (Lipinski definition) is 2. The molecule has 7 nitrogen and oxygen atoms in total. The van der Waals surface area contributed by atoms with Crippen LogP contribution in [0.4, 0.5) is 10.1 Å². The summed E-state index contributed by atoms with van der Waals surface area (Å²) >= 11 is 0. The molecule has 8 heteroatoms. The number of nitrogens with one attached hydrogen (secondary N) is 1. The molecule has 0 saturated carbocycles. The first-order valence-corrected chi connectivity index (χ1v) is 10.8. The number of primary amides is 1. The maximum atomic E-state index is 14.7. The number of ether oxygens (including phenoxy) is 1. The van der Waals surface area contributed by atoms with E-state index >= 15 is 0 Å². The third-order valence-electron chi connectivity index (χ3n) is 5.77. The number of carbonyl (C=O) groups is 3. The minimum atomic E-state index is -0.996. The molecule has 1 fully saturated rings. The quantitative estimate of drug-likeness (QED) is 0.669. The van der Waals surface area contributed by atoms with E-state index in [1.54, 1.807) is 31.4 Å². The Balaban J connectivity index is 1.92. The number of halogens is 1. The fourth-order valence-electron chi connectivity index (χ4n) is 4.02. The van der Waals surface area contributed by atoms with Gasteiger partial charge in [-0.2, -0.15) is 0 Å². The average Bonchev–Trinajstić information content (AvgIpc) is 3.10. The van der Waals surface area contributed by atoms with Crippen molar-refractivity contribution in [2.24, 2.45) is 11.7 Å². The van der Waals surface area contributed by atoms with Gasteiger partial charge in [0.1, 0.15) is 11.9 Å². The number of methoxy groups -OCH3 is 1. The summed E-state index contributed by atoms with van der Waals surface area (Å²) in [7, 11) is 1.58. The van der Waals surface area contributed by atoms with Gasteiger partial charge in [0.15, 0.2) is 0 Å². The second-order valence-electron chi connectivity index (χ2n) is 9.36. The van der Waals surface area contributed by atoms with Gasteiger partial charge in [-0.3, -0.25) is 14.4 Å². The van der Waals surface area contributed by atoms with Crippen LogP contribution in [0.5, 0.6) is 0 Å². The van der Waals surface area contributed by atoms with Crippen molar-refractivity contribution < 1.29 is 23.5 Å². The van der Waals surface area contributed by atoms with Gasteiger partial charge in [-0.15, -0.1) is 0 Å². The Labute approximate surface area is 193 Å². The number of nitrogens with zero attached hydrogens (tertiary/aromatic N) is 1. The zero-order chi connectivity index (χ0) is 24.3. The summed E-state index contributed by atoms with van der Waals surface area (Å²) in [6.45, 7) is 6.16. The van der Waals surface area contributed by atoms with E-state index < -0.39 is 29.6 Å². The lowest BCUT2D eigenvalue weighted by molar-refractivity contribution is -0.135. The molecule has 0 aliphatic carbocycles. The predicted octanol–water partition coefficient (Wildman–Crippen LogP) is 3.28. The van der Waals surface area contributed by atoms with Crippen LogP contribution in [0.25, 0.3) is 0 Å². The molecule has 3 rings (SSSR count). The first kappa shape index (κ1) is 24.4. The van der Waals surface area contributed by atoms with Crippen molar-refractivity contribution in [3.8, 4) is 0 Å². The van der Waals surface area contributed by atoms with Crippen LogP contribution in [-0.4, -0.2) is 36.3 Å². The van der Waals surface area contributed by atoms with Gasteiger partial charge in [0, 0.05) is 25.8 Å². The second kappa shape index (κ2) is 9.70. The van der Waals surface area contributed by atoms with Crippen LogP contribution in [-0.2, 0) is 31.1 Å². The predicted molar refractivity (Wildman–Crippen MR) is 123 cm³/mol. The minimum absolute atomic E-state index is 0.0450. The Kier molecular flexibility index (Phi) is 7.17. The highest BCUT2D eigenvalue weighted by Crippen LogP contribution is 2.31. The molecule has 0 bridgehead atoms. The van der Waals surface area contributed by atoms with Gasteiger partial charge in [-0.1, -0.05) is 51.1 Å². The Morgan fingerprint density at radius 2 is 1.88 bits per heavy atom. The normalized spacial score (nSPS) is 17.2. The number of amides is 3. The molecule has 33 heavy (non-hydrogen) atoms. The zero-order valence-electron chi connectivity index (χ0n) is 19.4. The molecule has 0 aromatic heterocycles. The van der Waals surface area contributed by atoms with Crippen molar-refractivity contribution in [1.29, 1.82) is 0 Å². The van der Waals surface area contributed by atoms with E-state index in [-0.39, 0.29) is 30.0 Å². The summed E-state index contributed by atoms with van der Waals surface area (Å²) in [5.74, 6) is -2.51. The molecule has 0 spiro atoms. The van der Waals surface area contributed by atoms with Gasteiger partial charge in [-0.25, -0.2) is 4.39 Å². The van der Waals surface area contributed by atoms with Crippen molar-refractivity contribution in [3.05, 3.63) is 65.0 Å². The van der Waals surface area contributed by atoms with Crippen molar-refractivity contribution in [1.82, 2.24) is 4.90 Å². The number of anilines is 1. The molecule has 2 atom stereocenters. The molecular formula is C25H30FN3O4. The highest BCUT2D eigenvalue weighted by molar-refractivity contribution is 5.99. The first-order valence-electron chi connectivity index (χ1n) is 10.8. The number of likely N-dealkylation sites (tertiary alicyclic amines) is 1. The van der Waals surface area contributed by atoms with Crippen LogP contribution in [0.1, 0.15) is 49.9 Å². The topological polar surface area (TPSA) is 102 Å². The molecule has 0 unspecified atom stereocenters. The van der Waals surface area contributed by atoms with E-state index in [1.807, 2.05) is 32.9 Å². The van der Waals surface area contributed by atoms with Gasteiger partial charge in [-0.05, 0) is 34.2 Å². The fraction of sp³-hybridized carbons (Fsp3) is 0.400. The van der Waals surface area contributed by atoms with Gasteiger partial charge < -0.3 is 20.7 Å². The van der Waals surface area contributed by atoms with E-state index in [0.29, 0.717) is 17.7 Å². The van der Waals surface area contributed by atoms with E-state index in [2.05, 4.69) is 5.32 Å². The molecular weight excluding hydrogens is 425 g/mol. The molecule has 2 aromatic rings. The molecule has 2 aromatic carbocycles.